The first-order chi connectivity index (χ1) is 14.7. The third-order valence-corrected chi connectivity index (χ3v) is 6.86. The van der Waals surface area contributed by atoms with Crippen LogP contribution in [0.25, 0.3) is 10.1 Å². The molecule has 4 rings (SSSR count). The molecular formula is C24H30N4OS. The minimum atomic E-state index is -0.244. The zero-order chi connectivity index (χ0) is 20.8. The fourth-order valence-electron chi connectivity index (χ4n) is 4.28. The maximum absolute atomic E-state index is 12.5. The molecule has 3 N–H and O–H groups in total. The molecule has 1 unspecified atom stereocenters. The van der Waals surface area contributed by atoms with Crippen molar-refractivity contribution in [3.8, 4) is 0 Å². The fourth-order valence-corrected chi connectivity index (χ4v) is 5.24. The van der Waals surface area contributed by atoms with Crippen molar-refractivity contribution in [3.05, 3.63) is 54.4 Å². The molecule has 0 saturated heterocycles. The molecule has 1 aliphatic carbocycles. The number of carbonyl (C=O) groups excluding carboxylic acids is 1. The van der Waals surface area contributed by atoms with Gasteiger partial charge in [0.15, 0.2) is 0 Å². The minimum Gasteiger partial charge on any atom is -0.309 e. The van der Waals surface area contributed by atoms with Gasteiger partial charge in [-0.1, -0.05) is 50.3 Å². The summed E-state index contributed by atoms with van der Waals surface area (Å²) in [5.41, 5.74) is 1.60. The summed E-state index contributed by atoms with van der Waals surface area (Å²) < 4.78 is 1.16. The van der Waals surface area contributed by atoms with Gasteiger partial charge < -0.3 is 10.6 Å². The molecule has 1 aliphatic rings. The number of amides is 2. The molecule has 6 heteroatoms. The summed E-state index contributed by atoms with van der Waals surface area (Å²) >= 11 is 1.57. The van der Waals surface area contributed by atoms with Gasteiger partial charge in [0.25, 0.3) is 0 Å². The van der Waals surface area contributed by atoms with Gasteiger partial charge in [-0.15, -0.1) is 11.3 Å². The lowest BCUT2D eigenvalue weighted by Gasteiger charge is -2.25. The monoisotopic (exact) mass is 422 g/mol. The van der Waals surface area contributed by atoms with E-state index in [-0.39, 0.29) is 6.03 Å². The Morgan fingerprint density at radius 3 is 2.80 bits per heavy atom. The summed E-state index contributed by atoms with van der Waals surface area (Å²) in [5, 5.41) is 11.5. The molecule has 0 aliphatic heterocycles. The lowest BCUT2D eigenvalue weighted by atomic mass is 9.85. The minimum absolute atomic E-state index is 0.244. The Hall–Kier alpha value is -2.44. The predicted octanol–water partition coefficient (Wildman–Crippen LogP) is 6.39. The van der Waals surface area contributed by atoms with Crippen molar-refractivity contribution in [2.75, 3.05) is 10.6 Å². The van der Waals surface area contributed by atoms with E-state index in [0.717, 1.165) is 32.4 Å². The third-order valence-electron chi connectivity index (χ3n) is 5.83. The molecule has 1 fully saturated rings. The highest BCUT2D eigenvalue weighted by atomic mass is 32.1. The van der Waals surface area contributed by atoms with Crippen LogP contribution in [0, 0.1) is 5.92 Å². The average Bonchev–Trinajstić information content (AvgIpc) is 3.16. The molecule has 0 bridgehead atoms. The zero-order valence-corrected chi connectivity index (χ0v) is 18.3. The molecule has 5 nitrogen and oxygen atoms in total. The number of pyridine rings is 1. The van der Waals surface area contributed by atoms with Crippen LogP contribution in [0.15, 0.2) is 48.7 Å². The molecule has 2 amide bonds. The van der Waals surface area contributed by atoms with Crippen molar-refractivity contribution in [2.24, 2.45) is 5.92 Å². The second kappa shape index (κ2) is 10.0. The second-order valence-corrected chi connectivity index (χ2v) is 9.33. The van der Waals surface area contributed by atoms with Crippen molar-refractivity contribution >= 4 is 38.1 Å². The number of thiophene rings is 1. The SMILES string of the molecule is CC(CC1CCCCC1)NCc1ncccc1NC(=O)Nc1cc2ccccc2s1. The number of rotatable bonds is 7. The largest absolute Gasteiger partial charge is 0.324 e. The van der Waals surface area contributed by atoms with E-state index in [0.29, 0.717) is 12.6 Å². The number of benzene rings is 1. The number of nitrogens with one attached hydrogen (secondary N) is 3. The third kappa shape index (κ3) is 5.58. The van der Waals surface area contributed by atoms with E-state index in [2.05, 4.69) is 33.9 Å². The predicted molar refractivity (Wildman–Crippen MR) is 126 cm³/mol. The molecule has 1 saturated carbocycles. The van der Waals surface area contributed by atoms with Gasteiger partial charge >= 0.3 is 6.03 Å². The zero-order valence-electron chi connectivity index (χ0n) is 17.5. The topological polar surface area (TPSA) is 66.0 Å². The van der Waals surface area contributed by atoms with Crippen LogP contribution in [0.5, 0.6) is 0 Å². The maximum atomic E-state index is 12.5. The number of carbonyl (C=O) groups is 1. The van der Waals surface area contributed by atoms with Gasteiger partial charge in [-0.3, -0.25) is 10.3 Å². The quantitative estimate of drug-likeness (QED) is 0.413. The molecule has 30 heavy (non-hydrogen) atoms. The first-order valence-electron chi connectivity index (χ1n) is 10.9. The van der Waals surface area contributed by atoms with E-state index in [4.69, 9.17) is 0 Å². The second-order valence-electron chi connectivity index (χ2n) is 8.25. The fraction of sp³-hybridized carbons (Fsp3) is 0.417. The van der Waals surface area contributed by atoms with Gasteiger partial charge in [-0.05, 0) is 48.9 Å². The van der Waals surface area contributed by atoms with E-state index in [1.165, 1.54) is 38.5 Å². The Morgan fingerprint density at radius 2 is 1.97 bits per heavy atom. The normalized spacial score (nSPS) is 15.8. The summed E-state index contributed by atoms with van der Waals surface area (Å²) in [6.07, 6.45) is 9.85. The smallest absolute Gasteiger partial charge is 0.309 e. The van der Waals surface area contributed by atoms with E-state index in [1.807, 2.05) is 36.4 Å². The summed E-state index contributed by atoms with van der Waals surface area (Å²) in [6, 6.07) is 14.1. The van der Waals surface area contributed by atoms with Crippen molar-refractivity contribution in [1.29, 1.82) is 0 Å². The van der Waals surface area contributed by atoms with E-state index >= 15 is 0 Å². The molecule has 2 aromatic heterocycles. The highest BCUT2D eigenvalue weighted by Crippen LogP contribution is 2.30. The van der Waals surface area contributed by atoms with Gasteiger partial charge in [0.2, 0.25) is 0 Å². The summed E-state index contributed by atoms with van der Waals surface area (Å²) in [7, 11) is 0. The number of hydrogen-bond donors (Lipinski definition) is 3. The summed E-state index contributed by atoms with van der Waals surface area (Å²) in [5.74, 6) is 0.842. The van der Waals surface area contributed by atoms with Gasteiger partial charge in [-0.2, -0.15) is 0 Å². The Morgan fingerprint density at radius 1 is 1.13 bits per heavy atom. The van der Waals surface area contributed by atoms with Crippen LogP contribution in [-0.4, -0.2) is 17.1 Å². The Bertz CT molecular complexity index is 947. The van der Waals surface area contributed by atoms with Crippen LogP contribution in [0.4, 0.5) is 15.5 Å². The highest BCUT2D eigenvalue weighted by molar-refractivity contribution is 7.22. The molecule has 1 aromatic carbocycles. The Balaban J connectivity index is 1.32. The van der Waals surface area contributed by atoms with Crippen LogP contribution in [-0.2, 0) is 6.54 Å². The first-order valence-corrected chi connectivity index (χ1v) is 11.7. The van der Waals surface area contributed by atoms with Crippen LogP contribution in [0.2, 0.25) is 0 Å². The standard InChI is InChI=1S/C24H30N4OS/c1-17(14-18-8-3-2-4-9-18)26-16-21-20(11-7-13-25-21)27-24(29)28-23-15-19-10-5-6-12-22(19)30-23/h5-7,10-13,15,17-18,26H,2-4,8-9,14,16H2,1H3,(H2,27,28,29). The summed E-state index contributed by atoms with van der Waals surface area (Å²) in [6.45, 7) is 2.89. The first kappa shape index (κ1) is 20.8. The van der Waals surface area contributed by atoms with Crippen LogP contribution >= 0.6 is 11.3 Å². The van der Waals surface area contributed by atoms with Crippen molar-refractivity contribution in [3.63, 3.8) is 0 Å². The van der Waals surface area contributed by atoms with Crippen LogP contribution < -0.4 is 16.0 Å². The number of urea groups is 1. The molecule has 0 spiro atoms. The lowest BCUT2D eigenvalue weighted by molar-refractivity contribution is 0.262. The molecular weight excluding hydrogens is 392 g/mol. The van der Waals surface area contributed by atoms with Gasteiger partial charge in [0, 0.05) is 23.5 Å². The van der Waals surface area contributed by atoms with Crippen LogP contribution in [0.3, 0.4) is 0 Å². The van der Waals surface area contributed by atoms with E-state index < -0.39 is 0 Å². The van der Waals surface area contributed by atoms with E-state index in [9.17, 15) is 4.79 Å². The molecule has 1 atom stereocenters. The number of anilines is 2. The number of fused-ring (bicyclic) bond motifs is 1. The average molecular weight is 423 g/mol. The van der Waals surface area contributed by atoms with Crippen molar-refractivity contribution in [1.82, 2.24) is 10.3 Å². The molecule has 3 aromatic rings. The van der Waals surface area contributed by atoms with E-state index in [1.54, 1.807) is 17.5 Å². The highest BCUT2D eigenvalue weighted by Gasteiger charge is 2.17. The molecule has 158 valence electrons. The van der Waals surface area contributed by atoms with Gasteiger partial charge in [-0.25, -0.2) is 4.79 Å². The lowest BCUT2D eigenvalue weighted by Crippen LogP contribution is -2.29. The molecule has 0 radical (unpaired) electrons. The number of hydrogen-bond acceptors (Lipinski definition) is 4. The number of nitrogens with zero attached hydrogens (tertiary/aromatic N) is 1. The van der Waals surface area contributed by atoms with Gasteiger partial charge in [0.05, 0.1) is 16.4 Å². The maximum Gasteiger partial charge on any atom is 0.324 e. The van der Waals surface area contributed by atoms with Crippen molar-refractivity contribution < 1.29 is 4.79 Å². The van der Waals surface area contributed by atoms with Crippen LogP contribution in [0.1, 0.15) is 51.1 Å². The van der Waals surface area contributed by atoms with Gasteiger partial charge in [0.1, 0.15) is 0 Å². The summed E-state index contributed by atoms with van der Waals surface area (Å²) in [4.78, 5) is 17.0. The Kier molecular flexibility index (Phi) is 6.97. The molecule has 2 heterocycles. The van der Waals surface area contributed by atoms with Crippen molar-refractivity contribution in [2.45, 2.75) is 58.0 Å². The Labute approximate surface area is 182 Å². The number of aromatic nitrogens is 1.